The van der Waals surface area contributed by atoms with Crippen LogP contribution in [-0.2, 0) is 4.74 Å². The minimum Gasteiger partial charge on any atom is -0.507 e. The molecule has 25 heavy (non-hydrogen) atoms. The molecule has 0 radical (unpaired) electrons. The first-order valence-corrected chi connectivity index (χ1v) is 8.89. The third-order valence-corrected chi connectivity index (χ3v) is 4.80. The number of ether oxygens (including phenoxy) is 1. The molecule has 3 N–H and O–H groups in total. The number of hydrazone groups is 1. The molecule has 0 amide bonds. The van der Waals surface area contributed by atoms with Gasteiger partial charge in [0.15, 0.2) is 5.11 Å². The fourth-order valence-corrected chi connectivity index (χ4v) is 3.42. The van der Waals surface area contributed by atoms with E-state index in [2.05, 4.69) is 20.7 Å². The van der Waals surface area contributed by atoms with Crippen LogP contribution in [0, 0.1) is 5.82 Å². The van der Waals surface area contributed by atoms with Crippen molar-refractivity contribution in [3.63, 3.8) is 0 Å². The van der Waals surface area contributed by atoms with Crippen molar-refractivity contribution in [3.05, 3.63) is 29.1 Å². The van der Waals surface area contributed by atoms with Gasteiger partial charge in [-0.3, -0.25) is 10.3 Å². The normalized spacial score (nSPS) is 22.0. The minimum atomic E-state index is -0.309. The molecular formula is C17H23FN4O2S. The first kappa shape index (κ1) is 18.0. The average molecular weight is 366 g/mol. The Kier molecular flexibility index (Phi) is 5.82. The molecule has 1 aromatic rings. The van der Waals surface area contributed by atoms with Gasteiger partial charge in [-0.25, -0.2) is 4.39 Å². The zero-order valence-corrected chi connectivity index (χ0v) is 15.0. The molecule has 6 nitrogen and oxygen atoms in total. The zero-order valence-electron chi connectivity index (χ0n) is 14.2. The van der Waals surface area contributed by atoms with Crippen LogP contribution in [0.4, 0.5) is 4.39 Å². The lowest BCUT2D eigenvalue weighted by molar-refractivity contribution is 0.0389. The summed E-state index contributed by atoms with van der Waals surface area (Å²) in [6, 6.07) is 2.65. The number of phenols is 1. The van der Waals surface area contributed by atoms with Crippen molar-refractivity contribution in [2.45, 2.75) is 19.3 Å². The Morgan fingerprint density at radius 1 is 1.44 bits per heavy atom. The number of aromatic hydroxyl groups is 1. The fraction of sp³-hybridized carbons (Fsp3) is 0.529. The number of fused-ring (bicyclic) bond motifs is 1. The van der Waals surface area contributed by atoms with Gasteiger partial charge in [-0.15, -0.1) is 0 Å². The van der Waals surface area contributed by atoms with Gasteiger partial charge in [0.05, 0.1) is 18.9 Å². The average Bonchev–Trinajstić information content (AvgIpc) is 2.95. The highest BCUT2D eigenvalue weighted by atomic mass is 32.1. The molecule has 0 saturated carbocycles. The second-order valence-corrected chi connectivity index (χ2v) is 6.75. The maximum Gasteiger partial charge on any atom is 0.187 e. The van der Waals surface area contributed by atoms with Crippen LogP contribution in [0.3, 0.4) is 0 Å². The van der Waals surface area contributed by atoms with Crippen molar-refractivity contribution in [2.24, 2.45) is 5.10 Å². The Balaban J connectivity index is 1.54. The molecule has 8 heteroatoms. The summed E-state index contributed by atoms with van der Waals surface area (Å²) in [6.07, 6.45) is 0.563. The van der Waals surface area contributed by atoms with Crippen molar-refractivity contribution in [1.29, 1.82) is 0 Å². The summed E-state index contributed by atoms with van der Waals surface area (Å²) >= 11 is 5.23. The van der Waals surface area contributed by atoms with E-state index in [-0.39, 0.29) is 17.5 Å². The standard InChI is InChI=1S/C17H23FN4O2S/c1-11-10-13(16-14(23)3-2-12(18)15(11)16)20-21-17(25)19-4-5-22-6-8-24-9-7-22/h2-3,11,23H,4-10H2,1H3,(H2,19,21,25)/b20-13+/t11-/m1/s1. The van der Waals surface area contributed by atoms with Gasteiger partial charge in [-0.1, -0.05) is 6.92 Å². The summed E-state index contributed by atoms with van der Waals surface area (Å²) in [5, 5.41) is 17.9. The lowest BCUT2D eigenvalue weighted by atomic mass is 10.0. The summed E-state index contributed by atoms with van der Waals surface area (Å²) < 4.78 is 19.3. The zero-order chi connectivity index (χ0) is 17.8. The smallest absolute Gasteiger partial charge is 0.187 e. The summed E-state index contributed by atoms with van der Waals surface area (Å²) in [6.45, 7) is 6.93. The molecule has 3 rings (SSSR count). The van der Waals surface area contributed by atoms with Gasteiger partial charge in [0.2, 0.25) is 0 Å². The molecule has 0 aromatic heterocycles. The molecule has 0 bridgehead atoms. The first-order chi connectivity index (χ1) is 12.1. The number of morpholine rings is 1. The van der Waals surface area contributed by atoms with E-state index in [4.69, 9.17) is 17.0 Å². The minimum absolute atomic E-state index is 0.0227. The maximum atomic E-state index is 14.0. The predicted molar refractivity (Wildman–Crippen MR) is 98.6 cm³/mol. The molecule has 1 aromatic carbocycles. The van der Waals surface area contributed by atoms with Crippen LogP contribution in [0.15, 0.2) is 17.2 Å². The summed E-state index contributed by atoms with van der Waals surface area (Å²) in [5.74, 6) is -0.283. The second kappa shape index (κ2) is 8.07. The molecule has 0 spiro atoms. The number of rotatable bonds is 4. The molecule has 1 aliphatic heterocycles. The molecule has 2 aliphatic rings. The fourth-order valence-electron chi connectivity index (χ4n) is 3.27. The first-order valence-electron chi connectivity index (χ1n) is 8.48. The lowest BCUT2D eigenvalue weighted by Gasteiger charge is -2.26. The predicted octanol–water partition coefficient (Wildman–Crippen LogP) is 1.54. The van der Waals surface area contributed by atoms with Crippen LogP contribution in [0.2, 0.25) is 0 Å². The molecule has 1 aliphatic carbocycles. The number of hydrogen-bond acceptors (Lipinski definition) is 5. The molecule has 1 saturated heterocycles. The van der Waals surface area contributed by atoms with Gasteiger partial charge in [0.25, 0.3) is 0 Å². The van der Waals surface area contributed by atoms with E-state index in [0.29, 0.717) is 34.9 Å². The van der Waals surface area contributed by atoms with E-state index < -0.39 is 0 Å². The van der Waals surface area contributed by atoms with E-state index in [9.17, 15) is 9.50 Å². The quantitative estimate of drug-likeness (QED) is 0.555. The number of benzene rings is 1. The largest absolute Gasteiger partial charge is 0.507 e. The number of nitrogens with one attached hydrogen (secondary N) is 2. The Labute approximate surface area is 152 Å². The molecule has 0 unspecified atom stereocenters. The van der Waals surface area contributed by atoms with Gasteiger partial charge >= 0.3 is 0 Å². The van der Waals surface area contributed by atoms with Gasteiger partial charge in [-0.2, -0.15) is 5.10 Å². The summed E-state index contributed by atoms with van der Waals surface area (Å²) in [5.41, 5.74) is 4.43. The van der Waals surface area contributed by atoms with Gasteiger partial charge in [0.1, 0.15) is 11.6 Å². The third kappa shape index (κ3) is 4.26. The number of thiocarbonyl (C=S) groups is 1. The maximum absolute atomic E-state index is 14.0. The Morgan fingerprint density at radius 2 is 2.20 bits per heavy atom. The Bertz CT molecular complexity index is 677. The van der Waals surface area contributed by atoms with Crippen LogP contribution >= 0.6 is 12.2 Å². The highest BCUT2D eigenvalue weighted by molar-refractivity contribution is 7.80. The summed E-state index contributed by atoms with van der Waals surface area (Å²) in [7, 11) is 0. The number of hydrogen-bond donors (Lipinski definition) is 3. The number of halogens is 1. The van der Waals surface area contributed by atoms with Crippen molar-refractivity contribution in [2.75, 3.05) is 39.4 Å². The SMILES string of the molecule is C[C@@H]1C/C(=N\NC(=S)NCCN2CCOCC2)c2c(O)ccc(F)c21. The van der Waals surface area contributed by atoms with Crippen LogP contribution in [0.25, 0.3) is 0 Å². The van der Waals surface area contributed by atoms with Crippen LogP contribution < -0.4 is 10.7 Å². The monoisotopic (exact) mass is 366 g/mol. The van der Waals surface area contributed by atoms with Crippen molar-refractivity contribution in [1.82, 2.24) is 15.6 Å². The van der Waals surface area contributed by atoms with Gasteiger partial charge < -0.3 is 15.2 Å². The van der Waals surface area contributed by atoms with E-state index in [1.807, 2.05) is 6.92 Å². The van der Waals surface area contributed by atoms with E-state index >= 15 is 0 Å². The highest BCUT2D eigenvalue weighted by Crippen LogP contribution is 2.39. The Morgan fingerprint density at radius 3 is 2.96 bits per heavy atom. The van der Waals surface area contributed by atoms with Gasteiger partial charge in [-0.05, 0) is 36.7 Å². The van der Waals surface area contributed by atoms with Crippen LogP contribution in [0.1, 0.15) is 30.4 Å². The number of nitrogens with zero attached hydrogens (tertiary/aromatic N) is 2. The van der Waals surface area contributed by atoms with Crippen molar-refractivity contribution >= 4 is 23.0 Å². The summed E-state index contributed by atoms with van der Waals surface area (Å²) in [4.78, 5) is 2.31. The molecular weight excluding hydrogens is 343 g/mol. The number of phenolic OH excluding ortho intramolecular Hbond substituents is 1. The second-order valence-electron chi connectivity index (χ2n) is 6.34. The van der Waals surface area contributed by atoms with Crippen LogP contribution in [0.5, 0.6) is 5.75 Å². The molecule has 136 valence electrons. The molecule has 1 heterocycles. The van der Waals surface area contributed by atoms with Gasteiger partial charge in [0, 0.05) is 37.3 Å². The van der Waals surface area contributed by atoms with E-state index in [0.717, 1.165) is 32.8 Å². The molecule has 1 fully saturated rings. The molecule has 1 atom stereocenters. The van der Waals surface area contributed by atoms with E-state index in [1.165, 1.54) is 12.1 Å². The van der Waals surface area contributed by atoms with Crippen molar-refractivity contribution < 1.29 is 14.2 Å². The van der Waals surface area contributed by atoms with Crippen LogP contribution in [-0.4, -0.2) is 60.2 Å². The highest BCUT2D eigenvalue weighted by Gasteiger charge is 2.30. The topological polar surface area (TPSA) is 69.1 Å². The van der Waals surface area contributed by atoms with Crippen molar-refractivity contribution in [3.8, 4) is 5.75 Å². The lowest BCUT2D eigenvalue weighted by Crippen LogP contribution is -2.42. The van der Waals surface area contributed by atoms with E-state index in [1.54, 1.807) is 0 Å². The Hall–Kier alpha value is -1.77. The third-order valence-electron chi connectivity index (χ3n) is 4.56.